The highest BCUT2D eigenvalue weighted by atomic mass is 32.2. The first-order valence-electron chi connectivity index (χ1n) is 7.37. The number of rotatable bonds is 6. The quantitative estimate of drug-likeness (QED) is 0.826. The number of aromatic nitrogens is 1. The molecule has 2 aromatic rings. The molecule has 0 bridgehead atoms. The molecule has 0 saturated carbocycles. The number of halogens is 3. The zero-order valence-corrected chi connectivity index (χ0v) is 14.5. The van der Waals surface area contributed by atoms with Crippen LogP contribution in [0.3, 0.4) is 0 Å². The van der Waals surface area contributed by atoms with Gasteiger partial charge in [0, 0.05) is 18.9 Å². The average molecular weight is 387 g/mol. The third kappa shape index (κ3) is 5.53. The number of hydrogen-bond donors (Lipinski definition) is 1. The van der Waals surface area contributed by atoms with Crippen LogP contribution < -0.4 is 5.32 Å². The molecular weight excluding hydrogens is 371 g/mol. The Bertz CT molecular complexity index is 871. The molecule has 0 aliphatic rings. The molecule has 0 aliphatic heterocycles. The molecule has 0 aliphatic carbocycles. The zero-order valence-electron chi connectivity index (χ0n) is 13.7. The van der Waals surface area contributed by atoms with Gasteiger partial charge in [0.1, 0.15) is 0 Å². The molecule has 26 heavy (non-hydrogen) atoms. The second-order valence-corrected chi connectivity index (χ2v) is 7.47. The van der Waals surface area contributed by atoms with Crippen LogP contribution in [0.4, 0.5) is 18.9 Å². The van der Waals surface area contributed by atoms with Gasteiger partial charge in [-0.2, -0.15) is 17.5 Å². The highest BCUT2D eigenvalue weighted by Gasteiger charge is 2.33. The normalized spacial score (nSPS) is 12.2. The summed E-state index contributed by atoms with van der Waals surface area (Å²) in [5.74, 6) is -0.879. The molecule has 0 saturated heterocycles. The van der Waals surface area contributed by atoms with Crippen molar-refractivity contribution in [2.45, 2.75) is 12.7 Å². The van der Waals surface area contributed by atoms with E-state index in [9.17, 15) is 26.4 Å². The number of alkyl halides is 3. The average Bonchev–Trinajstić information content (AvgIpc) is 2.54. The van der Waals surface area contributed by atoms with Crippen LogP contribution in [0.1, 0.15) is 11.1 Å². The van der Waals surface area contributed by atoms with Gasteiger partial charge in [-0.1, -0.05) is 18.2 Å². The molecular formula is C16H16F3N3O3S. The first kappa shape index (κ1) is 19.9. The number of carbonyl (C=O) groups excluding carboxylic acids is 1. The van der Waals surface area contributed by atoms with E-state index in [-0.39, 0.29) is 6.54 Å². The number of amides is 1. The van der Waals surface area contributed by atoms with E-state index in [4.69, 9.17) is 0 Å². The Balaban J connectivity index is 2.16. The molecule has 6 nitrogen and oxygen atoms in total. The van der Waals surface area contributed by atoms with Gasteiger partial charge in [0.05, 0.1) is 24.1 Å². The van der Waals surface area contributed by atoms with Crippen molar-refractivity contribution >= 4 is 21.6 Å². The number of para-hydroxylation sites is 1. The van der Waals surface area contributed by atoms with Gasteiger partial charge in [-0.05, 0) is 23.8 Å². The SMILES string of the molecule is CS(=O)(=O)N(CC(=O)Nc1ccccc1C(F)(F)F)Cc1cccnc1. The number of anilines is 1. The van der Waals surface area contributed by atoms with Crippen molar-refractivity contribution in [2.75, 3.05) is 18.1 Å². The Hall–Kier alpha value is -2.46. The maximum absolute atomic E-state index is 13.0. The Kier molecular flexibility index (Phi) is 5.98. The number of hydrogen-bond acceptors (Lipinski definition) is 4. The molecule has 0 spiro atoms. The lowest BCUT2D eigenvalue weighted by Crippen LogP contribution is -2.37. The first-order valence-corrected chi connectivity index (χ1v) is 9.22. The lowest BCUT2D eigenvalue weighted by atomic mass is 10.1. The third-order valence-corrected chi connectivity index (χ3v) is 4.57. The van der Waals surface area contributed by atoms with Crippen LogP contribution in [-0.2, 0) is 27.5 Å². The van der Waals surface area contributed by atoms with E-state index in [0.29, 0.717) is 5.56 Å². The van der Waals surface area contributed by atoms with E-state index in [1.165, 1.54) is 24.5 Å². The Morgan fingerprint density at radius 1 is 1.19 bits per heavy atom. The van der Waals surface area contributed by atoms with E-state index in [0.717, 1.165) is 22.7 Å². The van der Waals surface area contributed by atoms with E-state index in [1.807, 2.05) is 0 Å². The first-order chi connectivity index (χ1) is 12.1. The van der Waals surface area contributed by atoms with Crippen LogP contribution in [0.2, 0.25) is 0 Å². The van der Waals surface area contributed by atoms with Gasteiger partial charge in [-0.25, -0.2) is 8.42 Å². The van der Waals surface area contributed by atoms with Crippen LogP contribution >= 0.6 is 0 Å². The highest BCUT2D eigenvalue weighted by Crippen LogP contribution is 2.34. The highest BCUT2D eigenvalue weighted by molar-refractivity contribution is 7.88. The number of nitrogens with one attached hydrogen (secondary N) is 1. The maximum atomic E-state index is 13.0. The Morgan fingerprint density at radius 3 is 2.46 bits per heavy atom. The number of pyridine rings is 1. The summed E-state index contributed by atoms with van der Waals surface area (Å²) in [6.07, 6.45) is -0.777. The lowest BCUT2D eigenvalue weighted by Gasteiger charge is -2.20. The second-order valence-electron chi connectivity index (χ2n) is 5.48. The molecule has 1 N–H and O–H groups in total. The molecule has 1 heterocycles. The van der Waals surface area contributed by atoms with Gasteiger partial charge in [0.2, 0.25) is 15.9 Å². The van der Waals surface area contributed by atoms with Crippen molar-refractivity contribution in [1.82, 2.24) is 9.29 Å². The molecule has 10 heteroatoms. The molecule has 0 atom stereocenters. The smallest absolute Gasteiger partial charge is 0.324 e. The fourth-order valence-corrected chi connectivity index (χ4v) is 2.91. The second kappa shape index (κ2) is 7.83. The van der Waals surface area contributed by atoms with Crippen LogP contribution in [0.5, 0.6) is 0 Å². The van der Waals surface area contributed by atoms with E-state index >= 15 is 0 Å². The Morgan fingerprint density at radius 2 is 1.88 bits per heavy atom. The molecule has 1 aromatic heterocycles. The zero-order chi connectivity index (χ0) is 19.4. The fourth-order valence-electron chi connectivity index (χ4n) is 2.17. The third-order valence-electron chi connectivity index (χ3n) is 3.38. The van der Waals surface area contributed by atoms with E-state index in [2.05, 4.69) is 10.3 Å². The van der Waals surface area contributed by atoms with Gasteiger partial charge >= 0.3 is 6.18 Å². The molecule has 140 valence electrons. The molecule has 0 unspecified atom stereocenters. The standard InChI is InChI=1S/C16H16F3N3O3S/c1-26(24,25)22(10-12-5-4-8-20-9-12)11-15(23)21-14-7-3-2-6-13(14)16(17,18)19/h2-9H,10-11H2,1H3,(H,21,23). The number of sulfonamides is 1. The number of benzene rings is 1. The summed E-state index contributed by atoms with van der Waals surface area (Å²) in [4.78, 5) is 16.0. The van der Waals surface area contributed by atoms with Gasteiger partial charge in [-0.3, -0.25) is 9.78 Å². The van der Waals surface area contributed by atoms with Crippen LogP contribution in [0, 0.1) is 0 Å². The monoisotopic (exact) mass is 387 g/mol. The molecule has 1 amide bonds. The van der Waals surface area contributed by atoms with Crippen molar-refractivity contribution in [2.24, 2.45) is 0 Å². The molecule has 0 radical (unpaired) electrons. The van der Waals surface area contributed by atoms with Gasteiger partial charge in [-0.15, -0.1) is 0 Å². The van der Waals surface area contributed by atoms with Crippen LogP contribution in [0.15, 0.2) is 48.8 Å². The molecule has 0 fully saturated rings. The van der Waals surface area contributed by atoms with Crippen molar-refractivity contribution in [3.8, 4) is 0 Å². The van der Waals surface area contributed by atoms with Crippen molar-refractivity contribution in [3.63, 3.8) is 0 Å². The minimum atomic E-state index is -4.64. The topological polar surface area (TPSA) is 79.4 Å². The lowest BCUT2D eigenvalue weighted by molar-refractivity contribution is -0.137. The van der Waals surface area contributed by atoms with Crippen molar-refractivity contribution in [1.29, 1.82) is 0 Å². The summed E-state index contributed by atoms with van der Waals surface area (Å²) >= 11 is 0. The summed E-state index contributed by atoms with van der Waals surface area (Å²) in [7, 11) is -3.77. The molecule has 1 aromatic carbocycles. The van der Waals surface area contributed by atoms with Crippen molar-refractivity contribution in [3.05, 3.63) is 59.9 Å². The predicted molar refractivity (Wildman–Crippen MR) is 89.6 cm³/mol. The van der Waals surface area contributed by atoms with Crippen LogP contribution in [-0.4, -0.2) is 36.4 Å². The summed E-state index contributed by atoms with van der Waals surface area (Å²) in [6, 6.07) is 7.71. The number of carbonyl (C=O) groups is 1. The summed E-state index contributed by atoms with van der Waals surface area (Å²) in [6.45, 7) is -0.749. The summed E-state index contributed by atoms with van der Waals surface area (Å²) in [5.41, 5.74) is -0.896. The summed E-state index contributed by atoms with van der Waals surface area (Å²) < 4.78 is 63.6. The fraction of sp³-hybridized carbons (Fsp3) is 0.250. The molecule has 2 rings (SSSR count). The maximum Gasteiger partial charge on any atom is 0.418 e. The minimum absolute atomic E-state index is 0.124. The van der Waals surface area contributed by atoms with E-state index < -0.39 is 39.9 Å². The van der Waals surface area contributed by atoms with Gasteiger partial charge in [0.25, 0.3) is 0 Å². The largest absolute Gasteiger partial charge is 0.418 e. The Labute approximate surface area is 148 Å². The predicted octanol–water partition coefficient (Wildman–Crippen LogP) is 2.50. The van der Waals surface area contributed by atoms with E-state index in [1.54, 1.807) is 12.1 Å². The van der Waals surface area contributed by atoms with Crippen LogP contribution in [0.25, 0.3) is 0 Å². The minimum Gasteiger partial charge on any atom is -0.324 e. The van der Waals surface area contributed by atoms with Gasteiger partial charge < -0.3 is 5.32 Å². The van der Waals surface area contributed by atoms with Crippen molar-refractivity contribution < 1.29 is 26.4 Å². The number of nitrogens with zero attached hydrogens (tertiary/aromatic N) is 2. The van der Waals surface area contributed by atoms with Gasteiger partial charge in [0.15, 0.2) is 0 Å². The summed E-state index contributed by atoms with van der Waals surface area (Å²) in [5, 5.41) is 2.12.